The Kier molecular flexibility index (Phi) is 4.04. The van der Waals surface area contributed by atoms with E-state index in [9.17, 15) is 22.7 Å². The Morgan fingerprint density at radius 3 is 2.35 bits per heavy atom. The highest BCUT2D eigenvalue weighted by Gasteiger charge is 2.30. The molecule has 1 heterocycles. The summed E-state index contributed by atoms with van der Waals surface area (Å²) in [7, 11) is 0. The fraction of sp³-hybridized carbons (Fsp3) is 0.214. The number of halogens is 4. The summed E-state index contributed by atoms with van der Waals surface area (Å²) in [6, 6.07) is 7.82. The van der Waals surface area contributed by atoms with Gasteiger partial charge in [0.15, 0.2) is 0 Å². The third-order valence-electron chi connectivity index (χ3n) is 2.83. The fourth-order valence-corrected chi connectivity index (χ4v) is 1.75. The number of alkyl halides is 3. The Labute approximate surface area is 112 Å². The number of benzene rings is 1. The van der Waals surface area contributed by atoms with E-state index in [1.807, 2.05) is 0 Å². The summed E-state index contributed by atoms with van der Waals surface area (Å²) in [4.78, 5) is 3.58. The van der Waals surface area contributed by atoms with E-state index in [0.717, 1.165) is 12.1 Å². The highest BCUT2D eigenvalue weighted by molar-refractivity contribution is 5.22. The molecule has 2 aromatic rings. The number of aliphatic hydroxyl groups excluding tert-OH is 1. The summed E-state index contributed by atoms with van der Waals surface area (Å²) in [6.07, 6.45) is -5.03. The third kappa shape index (κ3) is 3.33. The van der Waals surface area contributed by atoms with Crippen molar-refractivity contribution in [3.05, 3.63) is 65.2 Å². The fourth-order valence-electron chi connectivity index (χ4n) is 1.75. The van der Waals surface area contributed by atoms with Crippen LogP contribution in [0, 0.1) is 5.82 Å². The van der Waals surface area contributed by atoms with Crippen LogP contribution in [0.5, 0.6) is 0 Å². The number of hydrogen-bond acceptors (Lipinski definition) is 2. The Morgan fingerprint density at radius 1 is 1.10 bits per heavy atom. The molecule has 1 N–H and O–H groups in total. The molecular weight excluding hydrogens is 274 g/mol. The lowest BCUT2D eigenvalue weighted by Crippen LogP contribution is -2.09. The molecule has 1 aromatic carbocycles. The molecule has 1 atom stereocenters. The zero-order valence-corrected chi connectivity index (χ0v) is 10.2. The number of nitrogens with zero attached hydrogens (tertiary/aromatic N) is 1. The van der Waals surface area contributed by atoms with Gasteiger partial charge in [0.25, 0.3) is 0 Å². The average Bonchev–Trinajstić information content (AvgIpc) is 2.40. The van der Waals surface area contributed by atoms with Crippen LogP contribution in [-0.4, -0.2) is 10.1 Å². The molecule has 0 bridgehead atoms. The number of pyridine rings is 1. The second-order valence-electron chi connectivity index (χ2n) is 4.28. The van der Waals surface area contributed by atoms with E-state index in [2.05, 4.69) is 4.98 Å². The van der Waals surface area contributed by atoms with Gasteiger partial charge in [0.1, 0.15) is 11.9 Å². The predicted octanol–water partition coefficient (Wildman–Crippen LogP) is 3.52. The van der Waals surface area contributed by atoms with E-state index < -0.39 is 23.7 Å². The van der Waals surface area contributed by atoms with Crippen LogP contribution in [-0.2, 0) is 12.6 Å². The number of hydrogen-bond donors (Lipinski definition) is 1. The van der Waals surface area contributed by atoms with Gasteiger partial charge in [-0.05, 0) is 23.8 Å². The van der Waals surface area contributed by atoms with E-state index in [0.29, 0.717) is 6.20 Å². The van der Waals surface area contributed by atoms with E-state index in [1.54, 1.807) is 6.07 Å². The third-order valence-corrected chi connectivity index (χ3v) is 2.83. The van der Waals surface area contributed by atoms with Crippen LogP contribution >= 0.6 is 0 Å². The Morgan fingerprint density at radius 2 is 1.80 bits per heavy atom. The molecule has 20 heavy (non-hydrogen) atoms. The number of rotatable bonds is 3. The molecule has 0 amide bonds. The van der Waals surface area contributed by atoms with E-state index in [-0.39, 0.29) is 17.7 Å². The predicted molar refractivity (Wildman–Crippen MR) is 64.3 cm³/mol. The first-order valence-corrected chi connectivity index (χ1v) is 5.82. The molecule has 0 saturated carbocycles. The van der Waals surface area contributed by atoms with Gasteiger partial charge in [0.05, 0.1) is 11.3 Å². The van der Waals surface area contributed by atoms with Crippen molar-refractivity contribution in [2.75, 3.05) is 0 Å². The van der Waals surface area contributed by atoms with Gasteiger partial charge in [-0.15, -0.1) is 0 Å². The van der Waals surface area contributed by atoms with Crippen molar-refractivity contribution in [1.29, 1.82) is 0 Å². The van der Waals surface area contributed by atoms with Gasteiger partial charge in [-0.25, -0.2) is 4.39 Å². The molecule has 2 rings (SSSR count). The summed E-state index contributed by atoms with van der Waals surface area (Å²) in [5, 5.41) is 9.88. The van der Waals surface area contributed by atoms with Gasteiger partial charge >= 0.3 is 6.18 Å². The van der Waals surface area contributed by atoms with Crippen LogP contribution in [0.2, 0.25) is 0 Å². The van der Waals surface area contributed by atoms with Gasteiger partial charge in [0, 0.05) is 12.6 Å². The van der Waals surface area contributed by atoms with Gasteiger partial charge < -0.3 is 5.11 Å². The van der Waals surface area contributed by atoms with Crippen LogP contribution in [0.25, 0.3) is 0 Å². The summed E-state index contributed by atoms with van der Waals surface area (Å²) in [5.41, 5.74) is -0.540. The molecular formula is C14H11F4NO. The van der Waals surface area contributed by atoms with Crippen LogP contribution < -0.4 is 0 Å². The minimum absolute atomic E-state index is 0.0506. The second kappa shape index (κ2) is 5.58. The lowest BCUT2D eigenvalue weighted by atomic mass is 10.0. The van der Waals surface area contributed by atoms with Crippen molar-refractivity contribution in [1.82, 2.24) is 4.98 Å². The molecule has 0 radical (unpaired) electrons. The highest BCUT2D eigenvalue weighted by Crippen LogP contribution is 2.29. The molecule has 0 aliphatic heterocycles. The lowest BCUT2D eigenvalue weighted by molar-refractivity contribution is -0.137. The topological polar surface area (TPSA) is 33.1 Å². The Balaban J connectivity index is 2.14. The maximum Gasteiger partial charge on any atom is 0.417 e. The minimum Gasteiger partial charge on any atom is -0.386 e. The molecule has 106 valence electrons. The van der Waals surface area contributed by atoms with E-state index in [4.69, 9.17) is 0 Å². The van der Waals surface area contributed by atoms with Crippen LogP contribution in [0.1, 0.15) is 22.9 Å². The van der Waals surface area contributed by atoms with Gasteiger partial charge in [-0.2, -0.15) is 13.2 Å². The standard InChI is InChI=1S/C14H11F4NO/c15-11-4-2-1-3-9(11)7-13(20)12-6-5-10(8-19-12)14(16,17)18/h1-6,8,13,20H,7H2. The van der Waals surface area contributed by atoms with Crippen molar-refractivity contribution in [2.24, 2.45) is 0 Å². The number of aromatic nitrogens is 1. The highest BCUT2D eigenvalue weighted by atomic mass is 19.4. The Bertz CT molecular complexity index is 580. The normalized spacial score (nSPS) is 13.2. The first-order valence-electron chi connectivity index (χ1n) is 5.82. The van der Waals surface area contributed by atoms with E-state index in [1.165, 1.54) is 18.2 Å². The SMILES string of the molecule is OC(Cc1ccccc1F)c1ccc(C(F)(F)F)cn1. The summed E-state index contributed by atoms with van der Waals surface area (Å²) >= 11 is 0. The summed E-state index contributed by atoms with van der Waals surface area (Å²) in [6.45, 7) is 0. The average molecular weight is 285 g/mol. The molecule has 1 aromatic heterocycles. The zero-order valence-electron chi connectivity index (χ0n) is 10.2. The van der Waals surface area contributed by atoms with Crippen molar-refractivity contribution in [2.45, 2.75) is 18.7 Å². The van der Waals surface area contributed by atoms with Crippen molar-refractivity contribution >= 4 is 0 Å². The van der Waals surface area contributed by atoms with Crippen molar-refractivity contribution in [3.63, 3.8) is 0 Å². The first kappa shape index (κ1) is 14.5. The molecule has 0 aliphatic carbocycles. The smallest absolute Gasteiger partial charge is 0.386 e. The van der Waals surface area contributed by atoms with Crippen LogP contribution in [0.4, 0.5) is 17.6 Å². The first-order chi connectivity index (χ1) is 9.38. The largest absolute Gasteiger partial charge is 0.417 e. The monoisotopic (exact) mass is 285 g/mol. The van der Waals surface area contributed by atoms with Gasteiger partial charge in [-0.3, -0.25) is 4.98 Å². The second-order valence-corrected chi connectivity index (χ2v) is 4.28. The Hall–Kier alpha value is -1.95. The van der Waals surface area contributed by atoms with Gasteiger partial charge in [0.2, 0.25) is 0 Å². The molecule has 0 spiro atoms. The molecule has 6 heteroatoms. The zero-order chi connectivity index (χ0) is 14.8. The van der Waals surface area contributed by atoms with Gasteiger partial charge in [-0.1, -0.05) is 18.2 Å². The minimum atomic E-state index is -4.47. The van der Waals surface area contributed by atoms with Crippen LogP contribution in [0.15, 0.2) is 42.6 Å². The summed E-state index contributed by atoms with van der Waals surface area (Å²) in [5.74, 6) is -0.474. The van der Waals surface area contributed by atoms with Crippen molar-refractivity contribution in [3.8, 4) is 0 Å². The van der Waals surface area contributed by atoms with Crippen LogP contribution in [0.3, 0.4) is 0 Å². The molecule has 1 unspecified atom stereocenters. The molecule has 2 nitrogen and oxygen atoms in total. The maximum absolute atomic E-state index is 13.4. The molecule has 0 aliphatic rings. The van der Waals surface area contributed by atoms with Crippen molar-refractivity contribution < 1.29 is 22.7 Å². The van der Waals surface area contributed by atoms with E-state index >= 15 is 0 Å². The number of aliphatic hydroxyl groups is 1. The summed E-state index contributed by atoms with van der Waals surface area (Å²) < 4.78 is 50.5. The molecule has 0 fully saturated rings. The molecule has 0 saturated heterocycles. The lowest BCUT2D eigenvalue weighted by Gasteiger charge is -2.12. The maximum atomic E-state index is 13.4. The quantitative estimate of drug-likeness (QED) is 0.875.